The summed E-state index contributed by atoms with van der Waals surface area (Å²) < 4.78 is 36.6. The van der Waals surface area contributed by atoms with Crippen LogP contribution in [0.3, 0.4) is 0 Å². The lowest BCUT2D eigenvalue weighted by atomic mass is 10.0. The molecule has 0 aliphatic carbocycles. The summed E-state index contributed by atoms with van der Waals surface area (Å²) in [4.78, 5) is 12.3. The lowest BCUT2D eigenvalue weighted by molar-refractivity contribution is -0.131. The molecule has 0 aliphatic rings. The summed E-state index contributed by atoms with van der Waals surface area (Å²) >= 11 is 0. The lowest BCUT2D eigenvalue weighted by Crippen LogP contribution is -2.42. The molecule has 0 atom stereocenters. The standard InChI is InChI=1S/C16H19F3N2O/c1-5-15(3,4)21-14(22)12-10-11(2)6-7-13(12)20-9-8-16(17,18)19/h1,6-7,10,20H,8-9H2,2-4H3,(H,21,22). The average Bonchev–Trinajstić information content (AvgIpc) is 2.38. The van der Waals surface area contributed by atoms with E-state index in [4.69, 9.17) is 6.42 Å². The van der Waals surface area contributed by atoms with E-state index in [-0.39, 0.29) is 12.1 Å². The van der Waals surface area contributed by atoms with E-state index in [1.54, 1.807) is 39.0 Å². The summed E-state index contributed by atoms with van der Waals surface area (Å²) in [6, 6.07) is 4.92. The van der Waals surface area contributed by atoms with Crippen molar-refractivity contribution in [3.63, 3.8) is 0 Å². The SMILES string of the molecule is C#CC(C)(C)NC(=O)c1cc(C)ccc1NCCC(F)(F)F. The zero-order valence-corrected chi connectivity index (χ0v) is 12.8. The van der Waals surface area contributed by atoms with Crippen LogP contribution in [0.15, 0.2) is 18.2 Å². The fourth-order valence-electron chi connectivity index (χ4n) is 1.73. The Balaban J connectivity index is 2.91. The second-order valence-corrected chi connectivity index (χ2v) is 5.56. The van der Waals surface area contributed by atoms with E-state index in [0.29, 0.717) is 5.69 Å². The highest BCUT2D eigenvalue weighted by atomic mass is 19.4. The second kappa shape index (κ2) is 6.73. The molecule has 0 saturated carbocycles. The average molecular weight is 312 g/mol. The molecule has 0 bridgehead atoms. The van der Waals surface area contributed by atoms with Gasteiger partial charge in [0.1, 0.15) is 0 Å². The highest BCUT2D eigenvalue weighted by molar-refractivity contribution is 6.00. The van der Waals surface area contributed by atoms with Gasteiger partial charge in [-0.1, -0.05) is 17.6 Å². The van der Waals surface area contributed by atoms with Crippen LogP contribution in [0, 0.1) is 19.3 Å². The van der Waals surface area contributed by atoms with Crippen molar-refractivity contribution in [2.45, 2.75) is 38.9 Å². The predicted molar refractivity (Wildman–Crippen MR) is 80.7 cm³/mol. The second-order valence-electron chi connectivity index (χ2n) is 5.56. The van der Waals surface area contributed by atoms with Crippen LogP contribution in [0.25, 0.3) is 0 Å². The molecule has 2 N–H and O–H groups in total. The van der Waals surface area contributed by atoms with Crippen LogP contribution in [-0.4, -0.2) is 24.2 Å². The predicted octanol–water partition coefficient (Wildman–Crippen LogP) is 3.50. The van der Waals surface area contributed by atoms with Crippen molar-refractivity contribution in [3.8, 4) is 12.3 Å². The van der Waals surface area contributed by atoms with E-state index in [1.165, 1.54) is 0 Å². The normalized spacial score (nSPS) is 11.7. The van der Waals surface area contributed by atoms with Gasteiger partial charge in [0.2, 0.25) is 0 Å². The molecular weight excluding hydrogens is 293 g/mol. The molecule has 0 radical (unpaired) electrons. The first-order chi connectivity index (χ1) is 10.0. The quantitative estimate of drug-likeness (QED) is 0.817. The number of benzene rings is 1. The van der Waals surface area contributed by atoms with Gasteiger partial charge < -0.3 is 10.6 Å². The topological polar surface area (TPSA) is 41.1 Å². The van der Waals surface area contributed by atoms with E-state index in [1.807, 2.05) is 0 Å². The smallest absolute Gasteiger partial charge is 0.384 e. The van der Waals surface area contributed by atoms with Crippen molar-refractivity contribution in [1.29, 1.82) is 0 Å². The molecule has 0 aliphatic heterocycles. The van der Waals surface area contributed by atoms with E-state index < -0.39 is 24.0 Å². The third-order valence-corrected chi connectivity index (χ3v) is 2.93. The molecule has 22 heavy (non-hydrogen) atoms. The summed E-state index contributed by atoms with van der Waals surface area (Å²) in [6.45, 7) is 4.82. The fourth-order valence-corrected chi connectivity index (χ4v) is 1.73. The Kier molecular flexibility index (Phi) is 5.48. The van der Waals surface area contributed by atoms with Gasteiger partial charge in [0.05, 0.1) is 17.5 Å². The lowest BCUT2D eigenvalue weighted by Gasteiger charge is -2.21. The van der Waals surface area contributed by atoms with Crippen molar-refractivity contribution in [2.24, 2.45) is 0 Å². The van der Waals surface area contributed by atoms with E-state index in [0.717, 1.165) is 5.56 Å². The molecule has 0 unspecified atom stereocenters. The minimum atomic E-state index is -4.24. The number of halogens is 3. The minimum Gasteiger partial charge on any atom is -0.384 e. The number of carbonyl (C=O) groups excluding carboxylic acids is 1. The Morgan fingerprint density at radius 3 is 2.50 bits per heavy atom. The molecule has 1 aromatic rings. The Bertz CT molecular complexity index is 586. The van der Waals surface area contributed by atoms with Gasteiger partial charge in [-0.2, -0.15) is 13.2 Å². The molecule has 0 fully saturated rings. The number of anilines is 1. The number of aryl methyl sites for hydroxylation is 1. The molecule has 0 saturated heterocycles. The van der Waals surface area contributed by atoms with Gasteiger partial charge in [0.25, 0.3) is 5.91 Å². The van der Waals surface area contributed by atoms with Crippen LogP contribution in [-0.2, 0) is 0 Å². The van der Waals surface area contributed by atoms with Crippen LogP contribution in [0.1, 0.15) is 36.2 Å². The van der Waals surface area contributed by atoms with Crippen LogP contribution in [0.2, 0.25) is 0 Å². The third-order valence-electron chi connectivity index (χ3n) is 2.93. The molecule has 0 aromatic heterocycles. The van der Waals surface area contributed by atoms with Gasteiger partial charge in [0.15, 0.2) is 0 Å². The number of amides is 1. The molecule has 0 heterocycles. The zero-order valence-electron chi connectivity index (χ0n) is 12.8. The van der Waals surface area contributed by atoms with E-state index in [2.05, 4.69) is 16.6 Å². The van der Waals surface area contributed by atoms with Crippen LogP contribution in [0.4, 0.5) is 18.9 Å². The van der Waals surface area contributed by atoms with Crippen molar-refractivity contribution in [1.82, 2.24) is 5.32 Å². The number of hydrogen-bond acceptors (Lipinski definition) is 2. The summed E-state index contributed by atoms with van der Waals surface area (Å²) in [5.41, 5.74) is 0.597. The van der Waals surface area contributed by atoms with Crippen molar-refractivity contribution in [2.75, 3.05) is 11.9 Å². The van der Waals surface area contributed by atoms with Gasteiger partial charge in [-0.05, 0) is 32.9 Å². The van der Waals surface area contributed by atoms with E-state index in [9.17, 15) is 18.0 Å². The van der Waals surface area contributed by atoms with Gasteiger partial charge >= 0.3 is 6.18 Å². The van der Waals surface area contributed by atoms with E-state index >= 15 is 0 Å². The number of terminal acetylenes is 1. The van der Waals surface area contributed by atoms with Crippen molar-refractivity contribution in [3.05, 3.63) is 29.3 Å². The number of nitrogens with one attached hydrogen (secondary N) is 2. The van der Waals surface area contributed by atoms with Crippen LogP contribution >= 0.6 is 0 Å². The third kappa shape index (κ3) is 5.68. The molecule has 1 aromatic carbocycles. The summed E-state index contributed by atoms with van der Waals surface area (Å²) in [5.74, 6) is 2.01. The monoisotopic (exact) mass is 312 g/mol. The first-order valence-electron chi connectivity index (χ1n) is 6.75. The molecular formula is C16H19F3N2O. The maximum absolute atomic E-state index is 12.3. The maximum Gasteiger partial charge on any atom is 0.390 e. The molecule has 0 spiro atoms. The van der Waals surface area contributed by atoms with Crippen LogP contribution < -0.4 is 10.6 Å². The molecule has 1 rings (SSSR count). The van der Waals surface area contributed by atoms with Gasteiger partial charge in [-0.3, -0.25) is 4.79 Å². The first kappa shape index (κ1) is 17.9. The Hall–Kier alpha value is -2.16. The van der Waals surface area contributed by atoms with Gasteiger partial charge in [-0.15, -0.1) is 6.42 Å². The maximum atomic E-state index is 12.3. The minimum absolute atomic E-state index is 0.269. The van der Waals surface area contributed by atoms with Crippen molar-refractivity contribution >= 4 is 11.6 Å². The largest absolute Gasteiger partial charge is 0.390 e. The number of hydrogen-bond donors (Lipinski definition) is 2. The van der Waals surface area contributed by atoms with Gasteiger partial charge in [0, 0.05) is 12.2 Å². The summed E-state index contributed by atoms with van der Waals surface area (Å²) in [6.07, 6.45) is 0.104. The molecule has 120 valence electrons. The number of alkyl halides is 3. The zero-order chi connectivity index (χ0) is 17.0. The highest BCUT2D eigenvalue weighted by Crippen LogP contribution is 2.22. The Labute approximate surface area is 128 Å². The number of carbonyl (C=O) groups is 1. The molecule has 6 heteroatoms. The summed E-state index contributed by atoms with van der Waals surface area (Å²) in [5, 5.41) is 5.31. The Morgan fingerprint density at radius 1 is 1.32 bits per heavy atom. The first-order valence-corrected chi connectivity index (χ1v) is 6.75. The fraction of sp³-hybridized carbons (Fsp3) is 0.438. The Morgan fingerprint density at radius 2 is 1.95 bits per heavy atom. The highest BCUT2D eigenvalue weighted by Gasteiger charge is 2.26. The molecule has 1 amide bonds. The van der Waals surface area contributed by atoms with Crippen molar-refractivity contribution < 1.29 is 18.0 Å². The molecule has 3 nitrogen and oxygen atoms in total. The van der Waals surface area contributed by atoms with Gasteiger partial charge in [-0.25, -0.2) is 0 Å². The van der Waals surface area contributed by atoms with Crippen LogP contribution in [0.5, 0.6) is 0 Å². The summed E-state index contributed by atoms with van der Waals surface area (Å²) in [7, 11) is 0. The number of rotatable bonds is 5.